The van der Waals surface area contributed by atoms with Gasteiger partial charge in [0.05, 0.1) is 6.61 Å². The van der Waals surface area contributed by atoms with E-state index in [0.717, 1.165) is 0 Å². The Morgan fingerprint density at radius 3 is 2.58 bits per heavy atom. The third-order valence-corrected chi connectivity index (χ3v) is 1.47. The van der Waals surface area contributed by atoms with Crippen LogP contribution in [0.3, 0.4) is 0 Å². The molecule has 6 nitrogen and oxygen atoms in total. The van der Waals surface area contributed by atoms with Crippen LogP contribution >= 0.6 is 12.6 Å². The van der Waals surface area contributed by atoms with Gasteiger partial charge in [0.1, 0.15) is 6.42 Å². The second-order valence-electron chi connectivity index (χ2n) is 2.14. The van der Waals surface area contributed by atoms with Gasteiger partial charge in [0.15, 0.2) is 0 Å². The zero-order chi connectivity index (χ0) is 9.03. The number of rotatable bonds is 3. The number of hydrogen-bond donors (Lipinski definition) is 1. The Labute approximate surface area is 74.5 Å². The van der Waals surface area contributed by atoms with Gasteiger partial charge < -0.3 is 4.74 Å². The quantitative estimate of drug-likeness (QED) is 0.536. The first-order valence-electron chi connectivity index (χ1n) is 3.38. The van der Waals surface area contributed by atoms with Crippen molar-refractivity contribution >= 4 is 18.6 Å². The standard InChI is InChI=1S/C5H8N4O2S/c1-2-11-4(10)3-5(12)6-8-9-7-5/h12H,2-3H2,1H3. The summed E-state index contributed by atoms with van der Waals surface area (Å²) in [6.07, 6.45) is -0.0447. The average Bonchev–Trinajstić information content (AvgIpc) is 2.36. The molecule has 0 saturated carbocycles. The van der Waals surface area contributed by atoms with E-state index in [4.69, 9.17) is 0 Å². The lowest BCUT2D eigenvalue weighted by molar-refractivity contribution is -0.143. The number of esters is 1. The predicted octanol–water partition coefficient (Wildman–Crippen LogP) is 1.36. The van der Waals surface area contributed by atoms with E-state index in [9.17, 15) is 4.79 Å². The molecule has 0 aromatic rings. The van der Waals surface area contributed by atoms with Crippen molar-refractivity contribution in [2.24, 2.45) is 20.7 Å². The third-order valence-electron chi connectivity index (χ3n) is 1.14. The van der Waals surface area contributed by atoms with E-state index in [2.05, 4.69) is 38.0 Å². The Kier molecular flexibility index (Phi) is 2.74. The lowest BCUT2D eigenvalue weighted by Gasteiger charge is -2.10. The highest BCUT2D eigenvalue weighted by Gasteiger charge is 2.32. The number of carbonyl (C=O) groups is 1. The van der Waals surface area contributed by atoms with Crippen molar-refractivity contribution in [2.45, 2.75) is 18.3 Å². The van der Waals surface area contributed by atoms with Crippen LogP contribution < -0.4 is 0 Å². The zero-order valence-electron chi connectivity index (χ0n) is 6.47. The summed E-state index contributed by atoms with van der Waals surface area (Å²) in [4.78, 5) is 9.78. The fraction of sp³-hybridized carbons (Fsp3) is 0.800. The van der Waals surface area contributed by atoms with Crippen LogP contribution in [-0.4, -0.2) is 17.6 Å². The van der Waals surface area contributed by atoms with Crippen molar-refractivity contribution in [1.82, 2.24) is 0 Å². The van der Waals surface area contributed by atoms with Crippen LogP contribution in [0.4, 0.5) is 0 Å². The van der Waals surface area contributed by atoms with E-state index in [1.165, 1.54) is 0 Å². The molecule has 0 unspecified atom stereocenters. The van der Waals surface area contributed by atoms with E-state index < -0.39 is 11.0 Å². The van der Waals surface area contributed by atoms with E-state index in [0.29, 0.717) is 6.61 Å². The largest absolute Gasteiger partial charge is 0.466 e. The molecule has 0 fully saturated rings. The van der Waals surface area contributed by atoms with Crippen LogP contribution in [0.2, 0.25) is 0 Å². The molecular formula is C5H8N4O2S. The van der Waals surface area contributed by atoms with Gasteiger partial charge >= 0.3 is 5.97 Å². The molecule has 66 valence electrons. The van der Waals surface area contributed by atoms with Crippen molar-refractivity contribution in [3.05, 3.63) is 0 Å². The molecule has 1 rings (SSSR count). The Bertz CT molecular complexity index is 228. The van der Waals surface area contributed by atoms with E-state index in [1.54, 1.807) is 6.92 Å². The maximum absolute atomic E-state index is 10.9. The molecule has 1 aliphatic rings. The van der Waals surface area contributed by atoms with Gasteiger partial charge in [-0.1, -0.05) is 0 Å². The smallest absolute Gasteiger partial charge is 0.311 e. The Morgan fingerprint density at radius 1 is 1.50 bits per heavy atom. The van der Waals surface area contributed by atoms with Crippen LogP contribution in [0, 0.1) is 0 Å². The van der Waals surface area contributed by atoms with Gasteiger partial charge in [-0.2, -0.15) is 0 Å². The monoisotopic (exact) mass is 188 g/mol. The van der Waals surface area contributed by atoms with Crippen LogP contribution in [0.15, 0.2) is 20.7 Å². The Hall–Kier alpha value is -0.980. The molecule has 0 atom stereocenters. The summed E-state index contributed by atoms with van der Waals surface area (Å²) in [5.41, 5.74) is 0. The lowest BCUT2D eigenvalue weighted by Crippen LogP contribution is -2.20. The molecule has 0 amide bonds. The van der Waals surface area contributed by atoms with Gasteiger partial charge in [-0.15, -0.1) is 22.9 Å². The minimum absolute atomic E-state index is 0.0447. The summed E-state index contributed by atoms with van der Waals surface area (Å²) in [6.45, 7) is 2.05. The Morgan fingerprint density at radius 2 is 2.08 bits per heavy atom. The molecular weight excluding hydrogens is 180 g/mol. The average molecular weight is 188 g/mol. The van der Waals surface area contributed by atoms with Crippen molar-refractivity contribution in [3.8, 4) is 0 Å². The third kappa shape index (κ3) is 2.26. The number of hydrogen-bond acceptors (Lipinski definition) is 7. The molecule has 0 N–H and O–H groups in total. The molecule has 0 aliphatic carbocycles. The summed E-state index contributed by atoms with van der Waals surface area (Å²) in [6, 6.07) is 0. The molecule has 0 bridgehead atoms. The number of nitrogens with zero attached hydrogens (tertiary/aromatic N) is 4. The summed E-state index contributed by atoms with van der Waals surface area (Å²) in [5, 5.41) is 13.6. The normalized spacial score (nSPS) is 18.2. The summed E-state index contributed by atoms with van der Waals surface area (Å²) < 4.78 is 4.68. The van der Waals surface area contributed by atoms with Gasteiger partial charge in [0, 0.05) is 0 Å². The van der Waals surface area contributed by atoms with Gasteiger partial charge in [-0.3, -0.25) is 4.79 Å². The van der Waals surface area contributed by atoms with E-state index in [1.807, 2.05) is 0 Å². The van der Waals surface area contributed by atoms with Crippen molar-refractivity contribution in [3.63, 3.8) is 0 Å². The highest BCUT2D eigenvalue weighted by Crippen LogP contribution is 2.28. The lowest BCUT2D eigenvalue weighted by atomic mass is 10.3. The maximum Gasteiger partial charge on any atom is 0.311 e. The molecule has 0 saturated heterocycles. The van der Waals surface area contributed by atoms with Crippen LogP contribution in [0.5, 0.6) is 0 Å². The maximum atomic E-state index is 10.9. The van der Waals surface area contributed by atoms with Gasteiger partial charge in [-0.05, 0) is 17.4 Å². The fourth-order valence-electron chi connectivity index (χ4n) is 0.680. The SMILES string of the molecule is CCOC(=O)CC1(S)N=NN=N1. The molecule has 12 heavy (non-hydrogen) atoms. The van der Waals surface area contributed by atoms with Gasteiger partial charge in [0.25, 0.3) is 0 Å². The highest BCUT2D eigenvalue weighted by atomic mass is 32.1. The topological polar surface area (TPSA) is 75.7 Å². The molecule has 0 spiro atoms. The molecule has 0 aromatic carbocycles. The van der Waals surface area contributed by atoms with E-state index >= 15 is 0 Å². The van der Waals surface area contributed by atoms with E-state index in [-0.39, 0.29) is 6.42 Å². The fourth-order valence-corrected chi connectivity index (χ4v) is 0.889. The molecule has 1 aliphatic heterocycles. The van der Waals surface area contributed by atoms with Gasteiger partial charge in [-0.25, -0.2) is 0 Å². The summed E-state index contributed by atoms with van der Waals surface area (Å²) in [7, 11) is 0. The van der Waals surface area contributed by atoms with Crippen molar-refractivity contribution < 1.29 is 9.53 Å². The first-order valence-corrected chi connectivity index (χ1v) is 3.83. The highest BCUT2D eigenvalue weighted by molar-refractivity contribution is 7.81. The summed E-state index contributed by atoms with van der Waals surface area (Å²) in [5.74, 6) is -0.410. The summed E-state index contributed by atoms with van der Waals surface area (Å²) >= 11 is 3.99. The minimum atomic E-state index is -1.15. The van der Waals surface area contributed by atoms with Crippen LogP contribution in [0.25, 0.3) is 0 Å². The second-order valence-corrected chi connectivity index (χ2v) is 2.85. The van der Waals surface area contributed by atoms with Crippen molar-refractivity contribution in [2.75, 3.05) is 6.61 Å². The first-order chi connectivity index (χ1) is 5.66. The van der Waals surface area contributed by atoms with Crippen LogP contribution in [-0.2, 0) is 9.53 Å². The minimum Gasteiger partial charge on any atom is -0.466 e. The first kappa shape index (κ1) is 9.11. The molecule has 1 heterocycles. The molecule has 0 aromatic heterocycles. The predicted molar refractivity (Wildman–Crippen MR) is 42.7 cm³/mol. The van der Waals surface area contributed by atoms with Gasteiger partial charge in [0.2, 0.25) is 4.99 Å². The zero-order valence-corrected chi connectivity index (χ0v) is 7.36. The number of thiol groups is 1. The second kappa shape index (κ2) is 3.61. The van der Waals surface area contributed by atoms with Crippen LogP contribution in [0.1, 0.15) is 13.3 Å². The molecule has 7 heteroatoms. The number of ether oxygens (including phenoxy) is 1. The Balaban J connectivity index is 2.45. The van der Waals surface area contributed by atoms with Crippen molar-refractivity contribution in [1.29, 1.82) is 0 Å². The number of carbonyl (C=O) groups excluding carboxylic acids is 1. The molecule has 0 radical (unpaired) electrons.